The summed E-state index contributed by atoms with van der Waals surface area (Å²) >= 11 is 0. The highest BCUT2D eigenvalue weighted by atomic mass is 15.1. The lowest BCUT2D eigenvalue weighted by molar-refractivity contribution is 1.17. The molecule has 0 aliphatic rings. The normalized spacial score (nSPS) is 10.5. The van der Waals surface area contributed by atoms with Crippen LogP contribution in [0.25, 0.3) is 22.6 Å². The van der Waals surface area contributed by atoms with E-state index in [1.54, 1.807) is 12.4 Å². The van der Waals surface area contributed by atoms with Crippen LogP contribution in [0.4, 0.5) is 11.4 Å². The van der Waals surface area contributed by atoms with Gasteiger partial charge in [0.05, 0.1) is 5.69 Å². The van der Waals surface area contributed by atoms with Crippen LogP contribution in [0.3, 0.4) is 0 Å². The van der Waals surface area contributed by atoms with E-state index in [4.69, 9.17) is 0 Å². The minimum Gasteiger partial charge on any atom is -0.345 e. The van der Waals surface area contributed by atoms with Crippen LogP contribution in [-0.2, 0) is 0 Å². The predicted molar refractivity (Wildman–Crippen MR) is 105 cm³/mol. The Morgan fingerprint density at radius 3 is 1.73 bits per heavy atom. The Morgan fingerprint density at radius 2 is 1.15 bits per heavy atom. The molecule has 0 spiro atoms. The lowest BCUT2D eigenvalue weighted by Crippen LogP contribution is -2.09. The van der Waals surface area contributed by atoms with Gasteiger partial charge in [0.2, 0.25) is 0 Å². The average Bonchev–Trinajstić information content (AvgIpc) is 2.75. The molecule has 4 rings (SSSR count). The van der Waals surface area contributed by atoms with Crippen molar-refractivity contribution in [3.05, 3.63) is 91.4 Å². The average molecular weight is 338 g/mol. The standard InChI is InChI=1S/C22H18N4/c1-26(19-10-6-17(7-11-19)21-5-2-3-14-23-21)20-12-8-18(9-13-20)22-24-15-4-16-25-22/h2-16H,1H3. The molecule has 4 heteroatoms. The second kappa shape index (κ2) is 7.15. The van der Waals surface area contributed by atoms with E-state index < -0.39 is 0 Å². The lowest BCUT2D eigenvalue weighted by Gasteiger charge is -2.20. The molecule has 0 amide bonds. The van der Waals surface area contributed by atoms with Gasteiger partial charge < -0.3 is 4.90 Å². The van der Waals surface area contributed by atoms with Crippen LogP contribution in [0, 0.1) is 0 Å². The zero-order valence-electron chi connectivity index (χ0n) is 14.4. The maximum atomic E-state index is 4.39. The molecule has 2 heterocycles. The zero-order valence-corrected chi connectivity index (χ0v) is 14.4. The highest BCUT2D eigenvalue weighted by molar-refractivity contribution is 5.69. The topological polar surface area (TPSA) is 41.9 Å². The van der Waals surface area contributed by atoms with Gasteiger partial charge in [-0.3, -0.25) is 4.98 Å². The summed E-state index contributed by atoms with van der Waals surface area (Å²) in [5.74, 6) is 0.737. The number of pyridine rings is 1. The Kier molecular flexibility index (Phi) is 4.39. The van der Waals surface area contributed by atoms with Gasteiger partial charge in [0.15, 0.2) is 5.82 Å². The first-order valence-electron chi connectivity index (χ1n) is 8.44. The van der Waals surface area contributed by atoms with Crippen molar-refractivity contribution in [3.63, 3.8) is 0 Å². The third kappa shape index (κ3) is 3.30. The van der Waals surface area contributed by atoms with E-state index in [-0.39, 0.29) is 0 Å². The minimum absolute atomic E-state index is 0.737. The summed E-state index contributed by atoms with van der Waals surface area (Å²) < 4.78 is 0. The van der Waals surface area contributed by atoms with E-state index in [0.717, 1.165) is 34.0 Å². The Bertz CT molecular complexity index is 883. The summed E-state index contributed by atoms with van der Waals surface area (Å²) in [6.45, 7) is 0. The molecule has 0 N–H and O–H groups in total. The fourth-order valence-corrected chi connectivity index (χ4v) is 2.82. The number of benzene rings is 2. The summed E-state index contributed by atoms with van der Waals surface area (Å²) in [4.78, 5) is 15.1. The molecule has 0 saturated carbocycles. The summed E-state index contributed by atoms with van der Waals surface area (Å²) in [5.41, 5.74) is 5.32. The van der Waals surface area contributed by atoms with Crippen molar-refractivity contribution < 1.29 is 0 Å². The molecule has 0 radical (unpaired) electrons. The van der Waals surface area contributed by atoms with Gasteiger partial charge in [0.25, 0.3) is 0 Å². The molecule has 0 fully saturated rings. The molecule has 0 atom stereocenters. The van der Waals surface area contributed by atoms with Crippen molar-refractivity contribution in [3.8, 4) is 22.6 Å². The van der Waals surface area contributed by atoms with E-state index in [1.807, 2.05) is 42.6 Å². The van der Waals surface area contributed by atoms with Crippen LogP contribution in [0.5, 0.6) is 0 Å². The van der Waals surface area contributed by atoms with Crippen molar-refractivity contribution in [1.29, 1.82) is 0 Å². The highest BCUT2D eigenvalue weighted by Gasteiger charge is 2.06. The zero-order chi connectivity index (χ0) is 17.8. The number of hydrogen-bond donors (Lipinski definition) is 0. The highest BCUT2D eigenvalue weighted by Crippen LogP contribution is 2.27. The summed E-state index contributed by atoms with van der Waals surface area (Å²) in [5, 5.41) is 0. The van der Waals surface area contributed by atoms with Crippen LogP contribution >= 0.6 is 0 Å². The molecular weight excluding hydrogens is 320 g/mol. The monoisotopic (exact) mass is 338 g/mol. The van der Waals surface area contributed by atoms with Crippen molar-refractivity contribution >= 4 is 11.4 Å². The number of anilines is 2. The van der Waals surface area contributed by atoms with Gasteiger partial charge >= 0.3 is 0 Å². The fourth-order valence-electron chi connectivity index (χ4n) is 2.82. The second-order valence-electron chi connectivity index (χ2n) is 5.94. The molecule has 0 aliphatic carbocycles. The third-order valence-electron chi connectivity index (χ3n) is 4.29. The van der Waals surface area contributed by atoms with E-state index in [9.17, 15) is 0 Å². The summed E-state index contributed by atoms with van der Waals surface area (Å²) in [6, 6.07) is 24.4. The maximum Gasteiger partial charge on any atom is 0.159 e. The SMILES string of the molecule is CN(c1ccc(-c2ccccn2)cc1)c1ccc(-c2ncccn2)cc1. The van der Waals surface area contributed by atoms with Crippen LogP contribution in [-0.4, -0.2) is 22.0 Å². The smallest absolute Gasteiger partial charge is 0.159 e. The molecule has 0 bridgehead atoms. The number of rotatable bonds is 4. The second-order valence-corrected chi connectivity index (χ2v) is 5.94. The minimum atomic E-state index is 0.737. The van der Waals surface area contributed by atoms with Gasteiger partial charge in [-0.1, -0.05) is 18.2 Å². The molecule has 2 aromatic carbocycles. The van der Waals surface area contributed by atoms with Crippen molar-refractivity contribution in [1.82, 2.24) is 15.0 Å². The number of aromatic nitrogens is 3. The fraction of sp³-hybridized carbons (Fsp3) is 0.0455. The summed E-state index contributed by atoms with van der Waals surface area (Å²) in [7, 11) is 2.06. The van der Waals surface area contributed by atoms with Crippen LogP contribution in [0.15, 0.2) is 91.4 Å². The van der Waals surface area contributed by atoms with Crippen molar-refractivity contribution in [2.75, 3.05) is 11.9 Å². The first-order chi connectivity index (χ1) is 12.8. The van der Waals surface area contributed by atoms with Crippen molar-refractivity contribution in [2.24, 2.45) is 0 Å². The molecule has 126 valence electrons. The van der Waals surface area contributed by atoms with E-state index in [0.29, 0.717) is 0 Å². The Balaban J connectivity index is 1.55. The van der Waals surface area contributed by atoms with Gasteiger partial charge in [-0.15, -0.1) is 0 Å². The molecule has 26 heavy (non-hydrogen) atoms. The van der Waals surface area contributed by atoms with Gasteiger partial charge in [-0.05, 0) is 54.6 Å². The van der Waals surface area contributed by atoms with Gasteiger partial charge in [0, 0.05) is 48.1 Å². The van der Waals surface area contributed by atoms with E-state index in [1.165, 1.54) is 0 Å². The van der Waals surface area contributed by atoms with Crippen LogP contribution in [0.2, 0.25) is 0 Å². The van der Waals surface area contributed by atoms with Gasteiger partial charge in [0.1, 0.15) is 0 Å². The number of hydrogen-bond acceptors (Lipinski definition) is 4. The molecular formula is C22H18N4. The van der Waals surface area contributed by atoms with Gasteiger partial charge in [-0.25, -0.2) is 9.97 Å². The first-order valence-corrected chi connectivity index (χ1v) is 8.44. The Hall–Kier alpha value is -3.53. The molecule has 2 aromatic heterocycles. The lowest BCUT2D eigenvalue weighted by atomic mass is 10.1. The maximum absolute atomic E-state index is 4.39. The van der Waals surface area contributed by atoms with Crippen LogP contribution in [0.1, 0.15) is 0 Å². The molecule has 4 aromatic rings. The van der Waals surface area contributed by atoms with Crippen LogP contribution < -0.4 is 4.90 Å². The number of nitrogens with zero attached hydrogens (tertiary/aromatic N) is 4. The van der Waals surface area contributed by atoms with Gasteiger partial charge in [-0.2, -0.15) is 0 Å². The predicted octanol–water partition coefficient (Wildman–Crippen LogP) is 4.97. The van der Waals surface area contributed by atoms with E-state index >= 15 is 0 Å². The Morgan fingerprint density at radius 1 is 0.577 bits per heavy atom. The molecule has 4 nitrogen and oxygen atoms in total. The first kappa shape index (κ1) is 16.0. The van der Waals surface area contributed by atoms with E-state index in [2.05, 4.69) is 63.3 Å². The molecule has 0 aliphatic heterocycles. The van der Waals surface area contributed by atoms with Crippen molar-refractivity contribution in [2.45, 2.75) is 0 Å². The summed E-state index contributed by atoms with van der Waals surface area (Å²) in [6.07, 6.45) is 5.32. The quantitative estimate of drug-likeness (QED) is 0.527. The third-order valence-corrected chi connectivity index (χ3v) is 4.29. The largest absolute Gasteiger partial charge is 0.345 e. The molecule has 0 unspecified atom stereocenters. The molecule has 0 saturated heterocycles. The Labute approximate surface area is 152 Å².